The predicted octanol–water partition coefficient (Wildman–Crippen LogP) is -0.352. The predicted molar refractivity (Wildman–Crippen MR) is 41.3 cm³/mol. The van der Waals surface area contributed by atoms with E-state index in [2.05, 4.69) is 4.44 Å². The minimum absolute atomic E-state index is 0.740. The Morgan fingerprint density at radius 3 is 2.14 bits per heavy atom. The highest BCUT2D eigenvalue weighted by molar-refractivity contribution is 5.20. The second-order valence-corrected chi connectivity index (χ2v) is 2.52. The van der Waals surface area contributed by atoms with Gasteiger partial charge in [0.15, 0.2) is 4.44 Å². The second-order valence-electron chi connectivity index (χ2n) is 2.00. The first-order chi connectivity index (χ1) is 6.70. The van der Waals surface area contributed by atoms with E-state index in [9.17, 15) is 0 Å². The summed E-state index contributed by atoms with van der Waals surface area (Å²) < 4.78 is 25.6. The number of para-hydroxylation sites is 1. The molecule has 80 valence electrons. The molecule has 0 amide bonds. The van der Waals surface area contributed by atoms with Crippen molar-refractivity contribution in [2.75, 3.05) is 6.61 Å². The maximum Gasteiger partial charge on any atom is 0.328 e. The molecule has 0 spiro atoms. The third-order valence-electron chi connectivity index (χ3n) is 1.11. The van der Waals surface area contributed by atoms with Crippen LogP contribution in [0.5, 0.6) is 5.75 Å². The Balaban J connectivity index is 0.000000292. The maximum atomic E-state index is 8.86. The molecule has 0 bridgehead atoms. The number of rotatable bonds is 3. The third-order valence-corrected chi connectivity index (χ3v) is 1.22. The van der Waals surface area contributed by atoms with E-state index in [1.807, 2.05) is 37.3 Å². The van der Waals surface area contributed by atoms with Crippen molar-refractivity contribution in [3.63, 3.8) is 0 Å². The Bertz CT molecular complexity index is 216. The number of ether oxygens (including phenoxy) is 1. The molecule has 0 radical (unpaired) electrons. The van der Waals surface area contributed by atoms with E-state index in [0.29, 0.717) is 0 Å². The van der Waals surface area contributed by atoms with Gasteiger partial charge in [-0.3, -0.25) is 0 Å². The van der Waals surface area contributed by atoms with Crippen LogP contribution >= 0.6 is 0 Å². The number of hydrogen-bond donors (Lipinski definition) is 1. The fraction of sp³-hybridized carbons (Fsp3) is 0.250. The Hall–Kier alpha value is -0.850. The molecule has 1 aromatic carbocycles. The van der Waals surface area contributed by atoms with Gasteiger partial charge in [0.05, 0.1) is 6.61 Å². The molecular weight excluding hydrogens is 212 g/mol. The molecule has 0 fully saturated rings. The molecule has 0 atom stereocenters. The first-order valence-corrected chi connectivity index (χ1v) is 4.68. The molecule has 0 saturated heterocycles. The van der Waals surface area contributed by atoms with E-state index >= 15 is 0 Å². The molecule has 1 N–H and O–H groups in total. The molecule has 5 nitrogen and oxygen atoms in total. The highest BCUT2D eigenvalue weighted by Crippen LogP contribution is 2.06. The van der Waals surface area contributed by atoms with E-state index in [1.165, 1.54) is 0 Å². The van der Waals surface area contributed by atoms with Crippen LogP contribution in [0.3, 0.4) is 0 Å². The molecule has 14 heavy (non-hydrogen) atoms. The fourth-order valence-corrected chi connectivity index (χ4v) is 0.683. The Morgan fingerprint density at radius 2 is 1.79 bits per heavy atom. The van der Waals surface area contributed by atoms with Crippen molar-refractivity contribution in [1.29, 1.82) is 0 Å². The van der Waals surface area contributed by atoms with Crippen LogP contribution in [0, 0.1) is 10.8 Å². The highest BCUT2D eigenvalue weighted by Gasteiger charge is 1.97. The first-order valence-electron chi connectivity index (χ1n) is 3.76. The Morgan fingerprint density at radius 1 is 1.29 bits per heavy atom. The van der Waals surface area contributed by atoms with Crippen molar-refractivity contribution < 1.29 is 34.5 Å². The van der Waals surface area contributed by atoms with Crippen LogP contribution < -0.4 is 14.1 Å². The van der Waals surface area contributed by atoms with Crippen molar-refractivity contribution in [2.24, 2.45) is 0 Å². The summed E-state index contributed by atoms with van der Waals surface area (Å²) >= 11 is 0. The van der Waals surface area contributed by atoms with Gasteiger partial charge in [-0.1, -0.05) is 18.2 Å². The summed E-state index contributed by atoms with van der Waals surface area (Å²) in [7, 11) is -2.49. The van der Waals surface area contributed by atoms with E-state index in [0.717, 1.165) is 12.4 Å². The molecule has 0 aromatic heterocycles. The third kappa shape index (κ3) is 7.78. The van der Waals surface area contributed by atoms with Gasteiger partial charge in [0.2, 0.25) is 0 Å². The van der Waals surface area contributed by atoms with Crippen LogP contribution in [0.4, 0.5) is 0 Å². The van der Waals surface area contributed by atoms with Crippen LogP contribution in [0.25, 0.3) is 0 Å². The van der Waals surface area contributed by atoms with Crippen molar-refractivity contribution in [3.8, 4) is 5.75 Å². The van der Waals surface area contributed by atoms with Gasteiger partial charge in [-0.2, -0.15) is 5.26 Å². The number of benzene rings is 1. The van der Waals surface area contributed by atoms with Crippen LogP contribution in [0.2, 0.25) is 0 Å². The van der Waals surface area contributed by atoms with E-state index in [1.54, 1.807) is 0 Å². The average molecular weight is 223 g/mol. The van der Waals surface area contributed by atoms with Gasteiger partial charge < -0.3 is 14.1 Å². The molecule has 6 heteroatoms. The largest absolute Gasteiger partial charge is 0.494 e. The van der Waals surface area contributed by atoms with Gasteiger partial charge in [-0.25, -0.2) is 0 Å². The van der Waals surface area contributed by atoms with Crippen LogP contribution in [-0.2, 0) is 4.44 Å². The molecule has 0 aliphatic carbocycles. The molecule has 0 saturated carbocycles. The minimum Gasteiger partial charge on any atom is -0.494 e. The summed E-state index contributed by atoms with van der Waals surface area (Å²) in [4.78, 5) is 0. The van der Waals surface area contributed by atoms with Gasteiger partial charge in [0.1, 0.15) is 5.75 Å². The summed E-state index contributed by atoms with van der Waals surface area (Å²) in [5, 5.41) is 7.01. The fourth-order valence-electron chi connectivity index (χ4n) is 0.683. The Labute approximate surface area is 84.8 Å². The van der Waals surface area contributed by atoms with Gasteiger partial charge in [-0.15, -0.1) is 0 Å². The average Bonchev–Trinajstić information content (AvgIpc) is 2.21. The van der Waals surface area contributed by atoms with E-state index in [4.69, 9.17) is 19.3 Å². The lowest BCUT2D eigenvalue weighted by Crippen LogP contribution is -2.32. The molecular formula is C8H11ClO5. The molecule has 1 rings (SSSR count). The van der Waals surface area contributed by atoms with E-state index in [-0.39, 0.29) is 0 Å². The number of halogens is 1. The van der Waals surface area contributed by atoms with Crippen LogP contribution in [-0.4, -0.2) is 11.9 Å². The molecule has 1 aromatic rings. The van der Waals surface area contributed by atoms with Gasteiger partial charge >= 0.3 is 10.8 Å². The highest BCUT2D eigenvalue weighted by atomic mass is 35.6. The van der Waals surface area contributed by atoms with Gasteiger partial charge in [-0.05, 0) is 19.1 Å². The smallest absolute Gasteiger partial charge is 0.328 e. The van der Waals surface area contributed by atoms with Gasteiger partial charge in [0, 0.05) is 0 Å². The summed E-state index contributed by atoms with van der Waals surface area (Å²) in [5.41, 5.74) is 0. The minimum atomic E-state index is -2.49. The molecule has 0 heterocycles. The summed E-state index contributed by atoms with van der Waals surface area (Å²) in [6.07, 6.45) is 0. The summed E-state index contributed by atoms with van der Waals surface area (Å²) in [5.74, 6) is 0.944. The van der Waals surface area contributed by atoms with Crippen LogP contribution in [0.15, 0.2) is 30.3 Å². The van der Waals surface area contributed by atoms with Crippen molar-refractivity contribution >= 4 is 0 Å². The Kier molecular flexibility index (Phi) is 8.20. The topological polar surface area (TPSA) is 84.8 Å². The van der Waals surface area contributed by atoms with Crippen molar-refractivity contribution in [3.05, 3.63) is 30.3 Å². The van der Waals surface area contributed by atoms with Crippen LogP contribution in [0.1, 0.15) is 6.92 Å². The zero-order chi connectivity index (χ0) is 10.8. The standard InChI is InChI=1S/C8H10O.ClHO4/c1-2-9-8-6-4-3-5-7-8;2-1(3)5-4/h3-7H,2H2,1H3;4H. The lowest BCUT2D eigenvalue weighted by atomic mass is 10.3. The lowest BCUT2D eigenvalue weighted by molar-refractivity contribution is -1.64. The SMILES string of the molecule is CCOc1ccccc1.[O-][Cl+2]([O-])OO. The lowest BCUT2D eigenvalue weighted by Gasteiger charge is -1.99. The van der Waals surface area contributed by atoms with Gasteiger partial charge in [0.25, 0.3) is 0 Å². The summed E-state index contributed by atoms with van der Waals surface area (Å²) in [6, 6.07) is 9.80. The van der Waals surface area contributed by atoms with Crippen molar-refractivity contribution in [1.82, 2.24) is 0 Å². The second kappa shape index (κ2) is 8.74. The van der Waals surface area contributed by atoms with E-state index < -0.39 is 10.8 Å². The molecule has 0 aliphatic rings. The number of hydrogen-bond acceptors (Lipinski definition) is 5. The quantitative estimate of drug-likeness (QED) is 0.558. The zero-order valence-electron chi connectivity index (χ0n) is 7.55. The maximum absolute atomic E-state index is 8.86. The summed E-state index contributed by atoms with van der Waals surface area (Å²) in [6.45, 7) is 2.72. The molecule has 0 aliphatic heterocycles. The molecule has 0 unspecified atom stereocenters. The zero-order valence-corrected chi connectivity index (χ0v) is 8.31. The van der Waals surface area contributed by atoms with Crippen molar-refractivity contribution in [2.45, 2.75) is 6.92 Å². The normalized spacial score (nSPS) is 9.21. The first kappa shape index (κ1) is 13.2. The monoisotopic (exact) mass is 222 g/mol.